The fourth-order valence-corrected chi connectivity index (χ4v) is 6.19. The number of halogens is 1. The van der Waals surface area contributed by atoms with Crippen LogP contribution in [0.3, 0.4) is 0 Å². The molecule has 0 aliphatic heterocycles. The summed E-state index contributed by atoms with van der Waals surface area (Å²) >= 11 is 6.10. The second-order valence-corrected chi connectivity index (χ2v) is 13.1. The second-order valence-electron chi connectivity index (χ2n) is 9.90. The molecule has 8 nitrogen and oxygen atoms in total. The maximum atomic E-state index is 13.5. The Labute approximate surface area is 283 Å². The summed E-state index contributed by atoms with van der Waals surface area (Å²) in [6.45, 7) is 1.80. The molecule has 0 saturated heterocycles. The number of ether oxygens (including phenoxy) is 1. The molecule has 5 aromatic rings. The van der Waals surface area contributed by atoms with Gasteiger partial charge in [-0.25, -0.2) is 4.98 Å². The smallest absolute Gasteiger partial charge is 0.272 e. The molecule has 0 spiro atoms. The van der Waals surface area contributed by atoms with Gasteiger partial charge in [0.25, 0.3) is 11.8 Å². The summed E-state index contributed by atoms with van der Waals surface area (Å²) in [5.74, 6) is -0.395. The lowest BCUT2D eigenvalue weighted by Gasteiger charge is -2.14. The maximum absolute atomic E-state index is 13.5. The van der Waals surface area contributed by atoms with E-state index in [9.17, 15) is 14.4 Å². The molecule has 46 heavy (non-hydrogen) atoms. The van der Waals surface area contributed by atoms with Crippen molar-refractivity contribution in [1.29, 1.82) is 0 Å². The number of nitrogens with one attached hydrogen (secondary N) is 3. The molecular weight excluding hydrogens is 684 g/mol. The van der Waals surface area contributed by atoms with Crippen LogP contribution >= 0.6 is 39.0 Å². The van der Waals surface area contributed by atoms with E-state index in [1.54, 1.807) is 62.6 Å². The number of thiazole rings is 1. The molecule has 1 heterocycles. The number of carbonyl (C=O) groups is 3. The molecule has 3 amide bonds. The highest BCUT2D eigenvalue weighted by Gasteiger charge is 2.19. The number of methoxy groups -OCH3 is 1. The minimum atomic E-state index is -0.491. The highest BCUT2D eigenvalue weighted by atomic mass is 79.9. The van der Waals surface area contributed by atoms with Crippen LogP contribution in [0.1, 0.15) is 22.8 Å². The third-order valence-electron chi connectivity index (χ3n) is 6.60. The number of nitrogens with zero attached hydrogens (tertiary/aromatic N) is 1. The Hall–Kier alpha value is -4.71. The minimum absolute atomic E-state index is 0.0814. The third kappa shape index (κ3) is 8.72. The van der Waals surface area contributed by atoms with Crippen molar-refractivity contribution in [3.8, 4) is 17.0 Å². The number of aromatic nitrogens is 1. The molecule has 1 unspecified atom stereocenters. The SMILES string of the molecule is COc1ccccc1-c1csc(NC(=O)C(C)Sc2cccc(NC(=O)/C(=C/c3ccc(Br)cc3)NC(=O)c3ccccc3)c2)n1. The van der Waals surface area contributed by atoms with E-state index in [1.807, 2.05) is 66.0 Å². The number of amides is 3. The number of para-hydroxylation sites is 1. The van der Waals surface area contributed by atoms with Gasteiger partial charge in [0.15, 0.2) is 5.13 Å². The van der Waals surface area contributed by atoms with Gasteiger partial charge in [0.05, 0.1) is 18.1 Å². The van der Waals surface area contributed by atoms with E-state index < -0.39 is 17.1 Å². The summed E-state index contributed by atoms with van der Waals surface area (Å²) in [4.78, 5) is 44.8. The van der Waals surface area contributed by atoms with Gasteiger partial charge in [0, 0.05) is 31.6 Å². The van der Waals surface area contributed by atoms with Gasteiger partial charge in [-0.05, 0) is 73.2 Å². The van der Waals surface area contributed by atoms with Crippen molar-refractivity contribution in [2.45, 2.75) is 17.1 Å². The van der Waals surface area contributed by atoms with E-state index in [0.717, 1.165) is 26.2 Å². The van der Waals surface area contributed by atoms with E-state index in [-0.39, 0.29) is 11.6 Å². The molecule has 4 aromatic carbocycles. The van der Waals surface area contributed by atoms with Gasteiger partial charge in [0.2, 0.25) is 5.91 Å². The van der Waals surface area contributed by atoms with Crippen LogP contribution in [0.5, 0.6) is 5.75 Å². The van der Waals surface area contributed by atoms with Gasteiger partial charge in [0.1, 0.15) is 11.4 Å². The standard InChI is InChI=1S/C35H29BrN4O4S2/c1-22(32(41)40-35-39-30(21-45-35)28-13-6-7-14-31(28)44-2)46-27-12-8-11-26(20-27)37-34(43)29(19-23-15-17-25(36)18-16-23)38-33(42)24-9-4-3-5-10-24/h3-22H,1-2H3,(H,37,43)(H,38,42)(H,39,40,41)/b29-19-. The predicted octanol–water partition coefficient (Wildman–Crippen LogP) is 8.11. The van der Waals surface area contributed by atoms with Crippen LogP contribution in [-0.2, 0) is 9.59 Å². The lowest BCUT2D eigenvalue weighted by molar-refractivity contribution is -0.115. The van der Waals surface area contributed by atoms with Crippen molar-refractivity contribution >= 4 is 73.6 Å². The normalized spacial score (nSPS) is 11.8. The molecule has 1 atom stereocenters. The number of benzene rings is 4. The van der Waals surface area contributed by atoms with Gasteiger partial charge in [-0.1, -0.05) is 64.5 Å². The third-order valence-corrected chi connectivity index (χ3v) is 8.98. The van der Waals surface area contributed by atoms with E-state index in [2.05, 4.69) is 36.9 Å². The second kappa shape index (κ2) is 15.5. The number of carbonyl (C=O) groups excluding carboxylic acids is 3. The fraction of sp³-hybridized carbons (Fsp3) is 0.0857. The molecular formula is C35H29BrN4O4S2. The Bertz CT molecular complexity index is 1880. The zero-order chi connectivity index (χ0) is 32.5. The average molecular weight is 714 g/mol. The summed E-state index contributed by atoms with van der Waals surface area (Å²) < 4.78 is 6.33. The van der Waals surface area contributed by atoms with Crippen molar-refractivity contribution < 1.29 is 19.1 Å². The van der Waals surface area contributed by atoms with Crippen LogP contribution in [0.25, 0.3) is 17.3 Å². The predicted molar refractivity (Wildman–Crippen MR) is 189 cm³/mol. The maximum Gasteiger partial charge on any atom is 0.272 e. The van der Waals surface area contributed by atoms with Crippen molar-refractivity contribution in [1.82, 2.24) is 10.3 Å². The Morgan fingerprint density at radius 3 is 2.41 bits per heavy atom. The highest BCUT2D eigenvalue weighted by Crippen LogP contribution is 2.33. The molecule has 0 bridgehead atoms. The number of hydrogen-bond acceptors (Lipinski definition) is 7. The van der Waals surface area contributed by atoms with Crippen molar-refractivity contribution in [2.24, 2.45) is 0 Å². The lowest BCUT2D eigenvalue weighted by Crippen LogP contribution is -2.30. The summed E-state index contributed by atoms with van der Waals surface area (Å²) in [5, 5.41) is 10.4. The van der Waals surface area contributed by atoms with Crippen molar-refractivity contribution in [2.75, 3.05) is 17.7 Å². The van der Waals surface area contributed by atoms with E-state index >= 15 is 0 Å². The molecule has 0 aliphatic carbocycles. The molecule has 0 fully saturated rings. The summed E-state index contributed by atoms with van der Waals surface area (Å²) in [6.07, 6.45) is 1.62. The number of rotatable bonds is 11. The number of thioether (sulfide) groups is 1. The van der Waals surface area contributed by atoms with Crippen molar-refractivity contribution in [3.05, 3.63) is 130 Å². The number of hydrogen-bond donors (Lipinski definition) is 3. The first-order valence-corrected chi connectivity index (χ1v) is 16.7. The Balaban J connectivity index is 1.25. The summed E-state index contributed by atoms with van der Waals surface area (Å²) in [7, 11) is 1.61. The first-order valence-electron chi connectivity index (χ1n) is 14.1. The Kier molecular flexibility index (Phi) is 11.0. The van der Waals surface area contributed by atoms with E-state index in [4.69, 9.17) is 4.74 Å². The van der Waals surface area contributed by atoms with Gasteiger partial charge >= 0.3 is 0 Å². The zero-order valence-electron chi connectivity index (χ0n) is 24.8. The molecule has 3 N–H and O–H groups in total. The molecule has 5 rings (SSSR count). The van der Waals surface area contributed by atoms with Crippen LogP contribution in [-0.4, -0.2) is 35.1 Å². The largest absolute Gasteiger partial charge is 0.496 e. The van der Waals surface area contributed by atoms with Crippen LogP contribution in [0, 0.1) is 0 Å². The first-order chi connectivity index (χ1) is 22.3. The summed E-state index contributed by atoms with van der Waals surface area (Å²) in [6, 6.07) is 30.8. The van der Waals surface area contributed by atoms with E-state index in [0.29, 0.717) is 22.1 Å². The minimum Gasteiger partial charge on any atom is -0.496 e. The first kappa shape index (κ1) is 32.7. The zero-order valence-corrected chi connectivity index (χ0v) is 28.0. The van der Waals surface area contributed by atoms with Crippen LogP contribution in [0.2, 0.25) is 0 Å². The van der Waals surface area contributed by atoms with Gasteiger partial charge < -0.3 is 20.7 Å². The Morgan fingerprint density at radius 2 is 1.65 bits per heavy atom. The van der Waals surface area contributed by atoms with Gasteiger partial charge in [-0.3, -0.25) is 14.4 Å². The quantitative estimate of drug-likeness (QED) is 0.0943. The van der Waals surface area contributed by atoms with E-state index in [1.165, 1.54) is 23.1 Å². The molecule has 0 saturated carbocycles. The molecule has 0 radical (unpaired) electrons. The number of anilines is 2. The lowest BCUT2D eigenvalue weighted by atomic mass is 10.1. The van der Waals surface area contributed by atoms with Crippen molar-refractivity contribution in [3.63, 3.8) is 0 Å². The fourth-order valence-electron chi connectivity index (χ4n) is 4.29. The highest BCUT2D eigenvalue weighted by molar-refractivity contribution is 9.10. The van der Waals surface area contributed by atoms with Gasteiger partial charge in [-0.15, -0.1) is 23.1 Å². The molecule has 232 valence electrons. The monoisotopic (exact) mass is 712 g/mol. The van der Waals surface area contributed by atoms with Crippen LogP contribution in [0.4, 0.5) is 10.8 Å². The van der Waals surface area contributed by atoms with Crippen LogP contribution in [0.15, 0.2) is 124 Å². The Morgan fingerprint density at radius 1 is 0.913 bits per heavy atom. The molecule has 0 aliphatic rings. The summed E-state index contributed by atoms with van der Waals surface area (Å²) in [5.41, 5.74) is 3.32. The molecule has 11 heteroatoms. The average Bonchev–Trinajstić information content (AvgIpc) is 3.54. The topological polar surface area (TPSA) is 109 Å². The molecule has 1 aromatic heterocycles. The van der Waals surface area contributed by atoms with Gasteiger partial charge in [-0.2, -0.15) is 0 Å². The van der Waals surface area contributed by atoms with Crippen LogP contribution < -0.4 is 20.7 Å².